The molecule has 0 saturated carbocycles. The number of nitrogen functional groups attached to an aromatic ring is 1. The molecule has 1 atom stereocenters. The van der Waals surface area contributed by atoms with Gasteiger partial charge in [-0.3, -0.25) is 4.79 Å². The Morgan fingerprint density at radius 1 is 1.35 bits per heavy atom. The smallest absolute Gasteiger partial charge is 0.254 e. The second-order valence-corrected chi connectivity index (χ2v) is 7.39. The third-order valence-corrected chi connectivity index (χ3v) is 5.15. The molecule has 1 aromatic carbocycles. The van der Waals surface area contributed by atoms with Crippen LogP contribution >= 0.6 is 0 Å². The molecule has 1 saturated heterocycles. The number of hydrogen-bond donors (Lipinski definition) is 2. The van der Waals surface area contributed by atoms with Gasteiger partial charge in [-0.25, -0.2) is 17.2 Å². The number of nitrogens with one attached hydrogen (secondary N) is 1. The lowest BCUT2D eigenvalue weighted by Crippen LogP contribution is -2.47. The van der Waals surface area contributed by atoms with Gasteiger partial charge in [-0.1, -0.05) is 0 Å². The molecule has 2 rings (SSSR count). The molecule has 1 aliphatic heterocycles. The second-order valence-electron chi connectivity index (χ2n) is 5.21. The molecule has 0 aromatic heterocycles. The molecule has 8 heteroatoms. The number of benzene rings is 1. The normalized spacial score (nSPS) is 24.6. The molecule has 1 heterocycles. The highest BCUT2D eigenvalue weighted by Gasteiger charge is 2.39. The van der Waals surface area contributed by atoms with Crippen molar-refractivity contribution >= 4 is 21.4 Å². The molecule has 20 heavy (non-hydrogen) atoms. The van der Waals surface area contributed by atoms with Crippen LogP contribution in [0.1, 0.15) is 23.7 Å². The average Bonchev–Trinajstić information content (AvgIpc) is 2.57. The van der Waals surface area contributed by atoms with Crippen molar-refractivity contribution in [2.24, 2.45) is 0 Å². The Kier molecular flexibility index (Phi) is 3.45. The van der Waals surface area contributed by atoms with Crippen LogP contribution in [0.4, 0.5) is 14.5 Å². The molecule has 0 radical (unpaired) electrons. The number of nitrogens with two attached hydrogens (primary N) is 1. The second kappa shape index (κ2) is 4.69. The molecule has 0 bridgehead atoms. The minimum absolute atomic E-state index is 0.0299. The van der Waals surface area contributed by atoms with Gasteiger partial charge in [0, 0.05) is 6.07 Å². The highest BCUT2D eigenvalue weighted by Crippen LogP contribution is 2.24. The van der Waals surface area contributed by atoms with E-state index in [0.717, 1.165) is 6.07 Å². The van der Waals surface area contributed by atoms with Gasteiger partial charge in [0.15, 0.2) is 9.84 Å². The number of rotatable bonds is 2. The topological polar surface area (TPSA) is 89.3 Å². The molecule has 1 aromatic rings. The standard InChI is InChI=1S/C12H14F2N2O3S/c1-12(2-3-20(18,19)6-12)16-11(17)7-4-10(15)9(14)5-8(7)13/h4-5H,2-3,6,15H2,1H3,(H,16,17). The van der Waals surface area contributed by atoms with Crippen molar-refractivity contribution in [3.05, 3.63) is 29.3 Å². The Labute approximate surface area is 115 Å². The van der Waals surface area contributed by atoms with E-state index in [0.29, 0.717) is 6.07 Å². The highest BCUT2D eigenvalue weighted by molar-refractivity contribution is 7.91. The minimum atomic E-state index is -3.20. The average molecular weight is 304 g/mol. The first-order valence-corrected chi connectivity index (χ1v) is 7.71. The predicted molar refractivity (Wildman–Crippen MR) is 69.9 cm³/mol. The van der Waals surface area contributed by atoms with Gasteiger partial charge in [0.25, 0.3) is 5.91 Å². The van der Waals surface area contributed by atoms with E-state index in [1.165, 1.54) is 0 Å². The monoisotopic (exact) mass is 304 g/mol. The summed E-state index contributed by atoms with van der Waals surface area (Å²) in [6.45, 7) is 1.57. The zero-order valence-corrected chi connectivity index (χ0v) is 11.6. The Morgan fingerprint density at radius 2 is 2.00 bits per heavy atom. The van der Waals surface area contributed by atoms with Crippen LogP contribution in [-0.2, 0) is 9.84 Å². The number of carbonyl (C=O) groups excluding carboxylic acids is 1. The van der Waals surface area contributed by atoms with Crippen molar-refractivity contribution in [2.45, 2.75) is 18.9 Å². The summed E-state index contributed by atoms with van der Waals surface area (Å²) in [4.78, 5) is 12.0. The molecular formula is C12H14F2N2O3S. The van der Waals surface area contributed by atoms with Gasteiger partial charge in [0.1, 0.15) is 11.6 Å². The first kappa shape index (κ1) is 14.7. The van der Waals surface area contributed by atoms with E-state index >= 15 is 0 Å². The molecule has 1 unspecified atom stereocenters. The summed E-state index contributed by atoms with van der Waals surface area (Å²) in [6, 6.07) is 1.42. The summed E-state index contributed by atoms with van der Waals surface area (Å²) in [5.74, 6) is -3.04. The van der Waals surface area contributed by atoms with Gasteiger partial charge < -0.3 is 11.1 Å². The molecule has 1 amide bonds. The third-order valence-electron chi connectivity index (χ3n) is 3.25. The van der Waals surface area contributed by atoms with Crippen LogP contribution in [0.15, 0.2) is 12.1 Å². The van der Waals surface area contributed by atoms with Crippen LogP contribution in [-0.4, -0.2) is 31.4 Å². The predicted octanol–water partition coefficient (Wildman–Crippen LogP) is 0.854. The zero-order valence-electron chi connectivity index (χ0n) is 10.7. The van der Waals surface area contributed by atoms with E-state index in [-0.39, 0.29) is 23.6 Å². The van der Waals surface area contributed by atoms with Gasteiger partial charge in [0.2, 0.25) is 0 Å². The largest absolute Gasteiger partial charge is 0.396 e. The van der Waals surface area contributed by atoms with E-state index in [1.807, 2.05) is 0 Å². The molecular weight excluding hydrogens is 290 g/mol. The fourth-order valence-corrected chi connectivity index (χ4v) is 4.28. The number of halogens is 2. The maximum atomic E-state index is 13.6. The summed E-state index contributed by atoms with van der Waals surface area (Å²) < 4.78 is 49.5. The minimum Gasteiger partial charge on any atom is -0.396 e. The van der Waals surface area contributed by atoms with Gasteiger partial charge in [-0.15, -0.1) is 0 Å². The van der Waals surface area contributed by atoms with Crippen LogP contribution in [0.2, 0.25) is 0 Å². The summed E-state index contributed by atoms with van der Waals surface area (Å²) in [5, 5.41) is 2.48. The molecule has 110 valence electrons. The van der Waals surface area contributed by atoms with E-state index < -0.39 is 38.5 Å². The van der Waals surface area contributed by atoms with Crippen LogP contribution in [0.25, 0.3) is 0 Å². The molecule has 3 N–H and O–H groups in total. The number of hydrogen-bond acceptors (Lipinski definition) is 4. The molecule has 1 fully saturated rings. The molecule has 1 aliphatic rings. The summed E-state index contributed by atoms with van der Waals surface area (Å²) in [5.41, 5.74) is 3.59. The van der Waals surface area contributed by atoms with E-state index in [2.05, 4.69) is 5.32 Å². The Morgan fingerprint density at radius 3 is 2.55 bits per heavy atom. The number of sulfone groups is 1. The van der Waals surface area contributed by atoms with Crippen molar-refractivity contribution in [1.82, 2.24) is 5.32 Å². The number of amides is 1. The van der Waals surface area contributed by atoms with Gasteiger partial charge in [0.05, 0.1) is 28.3 Å². The van der Waals surface area contributed by atoms with Gasteiger partial charge in [-0.2, -0.15) is 0 Å². The Hall–Kier alpha value is -1.70. The lowest BCUT2D eigenvalue weighted by atomic mass is 10.0. The van der Waals surface area contributed by atoms with Crippen molar-refractivity contribution in [3.63, 3.8) is 0 Å². The van der Waals surface area contributed by atoms with Crippen LogP contribution in [0, 0.1) is 11.6 Å². The van der Waals surface area contributed by atoms with Crippen LogP contribution in [0.5, 0.6) is 0 Å². The SMILES string of the molecule is CC1(NC(=O)c2cc(N)c(F)cc2F)CCS(=O)(=O)C1. The lowest BCUT2D eigenvalue weighted by molar-refractivity contribution is 0.0911. The number of carbonyl (C=O) groups is 1. The molecule has 5 nitrogen and oxygen atoms in total. The van der Waals surface area contributed by atoms with E-state index in [4.69, 9.17) is 5.73 Å². The van der Waals surface area contributed by atoms with E-state index in [9.17, 15) is 22.0 Å². The first-order valence-electron chi connectivity index (χ1n) is 5.89. The zero-order chi connectivity index (χ0) is 15.1. The summed E-state index contributed by atoms with van der Waals surface area (Å²) >= 11 is 0. The van der Waals surface area contributed by atoms with Crippen molar-refractivity contribution < 1.29 is 22.0 Å². The summed E-state index contributed by atoms with van der Waals surface area (Å²) in [7, 11) is -3.20. The maximum absolute atomic E-state index is 13.6. The molecule has 0 aliphatic carbocycles. The number of anilines is 1. The Bertz CT molecular complexity index is 676. The first-order chi connectivity index (χ1) is 9.12. The quantitative estimate of drug-likeness (QED) is 0.793. The highest BCUT2D eigenvalue weighted by atomic mass is 32.2. The van der Waals surface area contributed by atoms with E-state index in [1.54, 1.807) is 6.92 Å². The lowest BCUT2D eigenvalue weighted by Gasteiger charge is -2.24. The fourth-order valence-electron chi connectivity index (χ4n) is 2.19. The fraction of sp³-hybridized carbons (Fsp3) is 0.417. The van der Waals surface area contributed by atoms with Gasteiger partial charge in [-0.05, 0) is 19.4 Å². The molecule has 0 spiro atoms. The van der Waals surface area contributed by atoms with Crippen molar-refractivity contribution in [3.8, 4) is 0 Å². The van der Waals surface area contributed by atoms with Crippen LogP contribution < -0.4 is 11.1 Å². The summed E-state index contributed by atoms with van der Waals surface area (Å²) in [6.07, 6.45) is 0.249. The Balaban J connectivity index is 2.23. The maximum Gasteiger partial charge on any atom is 0.254 e. The van der Waals surface area contributed by atoms with Crippen molar-refractivity contribution in [1.29, 1.82) is 0 Å². The van der Waals surface area contributed by atoms with Crippen LogP contribution in [0.3, 0.4) is 0 Å². The third kappa shape index (κ3) is 2.90. The van der Waals surface area contributed by atoms with Crippen molar-refractivity contribution in [2.75, 3.05) is 17.2 Å². The van der Waals surface area contributed by atoms with Gasteiger partial charge >= 0.3 is 0 Å².